The van der Waals surface area contributed by atoms with Crippen LogP contribution in [0.1, 0.15) is 44.0 Å². The molecule has 2 N–H and O–H groups in total. The van der Waals surface area contributed by atoms with Crippen molar-refractivity contribution in [3.63, 3.8) is 0 Å². The van der Waals surface area contributed by atoms with Gasteiger partial charge in [0.1, 0.15) is 6.10 Å². The molecule has 1 fully saturated rings. The third kappa shape index (κ3) is 3.75. The van der Waals surface area contributed by atoms with Gasteiger partial charge in [-0.25, -0.2) is 0 Å². The lowest BCUT2D eigenvalue weighted by Crippen LogP contribution is -2.35. The number of ether oxygens (including phenoxy) is 1. The highest BCUT2D eigenvalue weighted by atomic mass is 16.5. The summed E-state index contributed by atoms with van der Waals surface area (Å²) in [5.41, 5.74) is 5.80. The Morgan fingerprint density at radius 3 is 2.89 bits per heavy atom. The predicted molar refractivity (Wildman–Crippen MR) is 71.7 cm³/mol. The first-order valence-corrected chi connectivity index (χ1v) is 6.93. The maximum Gasteiger partial charge on any atom is 0.231 e. The molecule has 6 nitrogen and oxygen atoms in total. The minimum Gasteiger partial charge on any atom is -0.367 e. The van der Waals surface area contributed by atoms with Crippen molar-refractivity contribution in [1.82, 2.24) is 15.0 Å². The lowest BCUT2D eigenvalue weighted by molar-refractivity contribution is -0.0264. The predicted octanol–water partition coefficient (Wildman–Crippen LogP) is 1.16. The zero-order chi connectivity index (χ0) is 13.8. The average molecular weight is 268 g/mol. The molecule has 2 unspecified atom stereocenters. The molecular formula is C13H24N4O2. The van der Waals surface area contributed by atoms with Gasteiger partial charge in [0, 0.05) is 19.6 Å². The fourth-order valence-corrected chi connectivity index (χ4v) is 2.34. The monoisotopic (exact) mass is 268 g/mol. The van der Waals surface area contributed by atoms with Crippen molar-refractivity contribution >= 4 is 0 Å². The van der Waals surface area contributed by atoms with Crippen LogP contribution in [0.5, 0.6) is 0 Å². The van der Waals surface area contributed by atoms with Crippen LogP contribution in [-0.2, 0) is 4.74 Å². The SMILES string of the molecule is CC(C)CC(CN)c1nc(C2CN(C)CCO2)no1. The smallest absolute Gasteiger partial charge is 0.231 e. The molecule has 1 aliphatic rings. The highest BCUT2D eigenvalue weighted by Crippen LogP contribution is 2.24. The Morgan fingerprint density at radius 1 is 1.47 bits per heavy atom. The van der Waals surface area contributed by atoms with E-state index in [1.54, 1.807) is 0 Å². The van der Waals surface area contributed by atoms with Gasteiger partial charge in [-0.3, -0.25) is 0 Å². The van der Waals surface area contributed by atoms with Crippen LogP contribution >= 0.6 is 0 Å². The van der Waals surface area contributed by atoms with Crippen molar-refractivity contribution < 1.29 is 9.26 Å². The minimum absolute atomic E-state index is 0.0891. The fraction of sp³-hybridized carbons (Fsp3) is 0.846. The Labute approximate surface area is 114 Å². The van der Waals surface area contributed by atoms with Crippen LogP contribution in [0.15, 0.2) is 4.52 Å². The fourth-order valence-electron chi connectivity index (χ4n) is 2.34. The molecule has 0 radical (unpaired) electrons. The van der Waals surface area contributed by atoms with Gasteiger partial charge < -0.3 is 19.9 Å². The van der Waals surface area contributed by atoms with Gasteiger partial charge >= 0.3 is 0 Å². The van der Waals surface area contributed by atoms with Gasteiger partial charge in [-0.2, -0.15) is 4.98 Å². The van der Waals surface area contributed by atoms with Crippen LogP contribution in [0, 0.1) is 5.92 Å². The van der Waals surface area contributed by atoms with Crippen molar-refractivity contribution in [3.05, 3.63) is 11.7 Å². The first-order chi connectivity index (χ1) is 9.10. The van der Waals surface area contributed by atoms with Gasteiger partial charge in [-0.15, -0.1) is 0 Å². The summed E-state index contributed by atoms with van der Waals surface area (Å²) in [7, 11) is 2.07. The summed E-state index contributed by atoms with van der Waals surface area (Å²) in [5.74, 6) is 1.98. The van der Waals surface area contributed by atoms with Gasteiger partial charge in [0.15, 0.2) is 0 Å². The summed E-state index contributed by atoms with van der Waals surface area (Å²) >= 11 is 0. The number of rotatable bonds is 5. The normalized spacial score (nSPS) is 22.9. The molecule has 1 aromatic heterocycles. The van der Waals surface area contributed by atoms with E-state index < -0.39 is 0 Å². The lowest BCUT2D eigenvalue weighted by atomic mass is 9.97. The van der Waals surface area contributed by atoms with Crippen molar-refractivity contribution in [2.75, 3.05) is 33.3 Å². The van der Waals surface area contributed by atoms with Crippen molar-refractivity contribution in [2.24, 2.45) is 11.7 Å². The first-order valence-electron chi connectivity index (χ1n) is 6.93. The molecule has 1 aliphatic heterocycles. The van der Waals surface area contributed by atoms with Crippen molar-refractivity contribution in [3.8, 4) is 0 Å². The van der Waals surface area contributed by atoms with E-state index in [0.29, 0.717) is 30.8 Å². The van der Waals surface area contributed by atoms with Gasteiger partial charge in [-0.05, 0) is 19.4 Å². The molecule has 0 aromatic carbocycles. The van der Waals surface area contributed by atoms with Crippen LogP contribution in [0.3, 0.4) is 0 Å². The molecule has 2 atom stereocenters. The zero-order valence-corrected chi connectivity index (χ0v) is 12.0. The van der Waals surface area contributed by atoms with E-state index in [-0.39, 0.29) is 12.0 Å². The summed E-state index contributed by atoms with van der Waals surface area (Å²) in [6.07, 6.45) is 0.873. The minimum atomic E-state index is -0.0891. The topological polar surface area (TPSA) is 77.4 Å². The second-order valence-electron chi connectivity index (χ2n) is 5.67. The van der Waals surface area contributed by atoms with Crippen LogP contribution in [0.2, 0.25) is 0 Å². The summed E-state index contributed by atoms with van der Waals surface area (Å²) in [6, 6.07) is 0. The van der Waals surface area contributed by atoms with E-state index in [4.69, 9.17) is 15.0 Å². The van der Waals surface area contributed by atoms with Crippen molar-refractivity contribution in [1.29, 1.82) is 0 Å². The molecular weight excluding hydrogens is 244 g/mol. The standard InChI is InChI=1S/C13H24N4O2/c1-9(2)6-10(7-14)13-15-12(16-19-13)11-8-17(3)4-5-18-11/h9-11H,4-8,14H2,1-3H3. The highest BCUT2D eigenvalue weighted by molar-refractivity contribution is 4.99. The van der Waals surface area contributed by atoms with E-state index in [2.05, 4.69) is 35.9 Å². The molecule has 6 heteroatoms. The Morgan fingerprint density at radius 2 is 2.26 bits per heavy atom. The molecule has 1 saturated heterocycles. The third-order valence-corrected chi connectivity index (χ3v) is 3.40. The van der Waals surface area contributed by atoms with Crippen LogP contribution in [0.4, 0.5) is 0 Å². The summed E-state index contributed by atoms with van der Waals surface area (Å²) in [5, 5.41) is 4.06. The number of aromatic nitrogens is 2. The van der Waals surface area contributed by atoms with Crippen molar-refractivity contribution in [2.45, 2.75) is 32.3 Å². The van der Waals surface area contributed by atoms with Crippen LogP contribution in [-0.4, -0.2) is 48.3 Å². The quantitative estimate of drug-likeness (QED) is 0.863. The van der Waals surface area contributed by atoms with Gasteiger partial charge in [0.25, 0.3) is 0 Å². The Bertz CT molecular complexity index is 375. The highest BCUT2D eigenvalue weighted by Gasteiger charge is 2.26. The Hall–Kier alpha value is -0.980. The molecule has 19 heavy (non-hydrogen) atoms. The molecule has 0 spiro atoms. The summed E-state index contributed by atoms with van der Waals surface area (Å²) in [4.78, 5) is 6.69. The average Bonchev–Trinajstić information content (AvgIpc) is 2.85. The molecule has 108 valence electrons. The molecule has 2 heterocycles. The molecule has 0 aliphatic carbocycles. The number of nitrogens with zero attached hydrogens (tertiary/aromatic N) is 3. The molecule has 0 amide bonds. The van der Waals surface area contributed by atoms with E-state index in [1.807, 2.05) is 0 Å². The molecule has 1 aromatic rings. The number of likely N-dealkylation sites (N-methyl/N-ethyl adjacent to an activating group) is 1. The second kappa shape index (κ2) is 6.45. The maximum absolute atomic E-state index is 5.80. The van der Waals surface area contributed by atoms with E-state index in [1.165, 1.54) is 0 Å². The number of morpholine rings is 1. The zero-order valence-electron chi connectivity index (χ0n) is 12.0. The lowest BCUT2D eigenvalue weighted by Gasteiger charge is -2.27. The summed E-state index contributed by atoms with van der Waals surface area (Å²) < 4.78 is 11.1. The molecule has 2 rings (SSSR count). The van der Waals surface area contributed by atoms with Crippen LogP contribution < -0.4 is 5.73 Å². The van der Waals surface area contributed by atoms with Gasteiger partial charge in [0.2, 0.25) is 11.7 Å². The first kappa shape index (κ1) is 14.4. The molecule has 0 bridgehead atoms. The Kier molecular flexibility index (Phi) is 4.90. The maximum atomic E-state index is 5.80. The van der Waals surface area contributed by atoms with Crippen LogP contribution in [0.25, 0.3) is 0 Å². The van der Waals surface area contributed by atoms with E-state index in [9.17, 15) is 0 Å². The van der Waals surface area contributed by atoms with E-state index >= 15 is 0 Å². The number of hydrogen-bond acceptors (Lipinski definition) is 6. The second-order valence-corrected chi connectivity index (χ2v) is 5.67. The van der Waals surface area contributed by atoms with E-state index in [0.717, 1.165) is 19.5 Å². The summed E-state index contributed by atoms with van der Waals surface area (Å²) in [6.45, 7) is 7.32. The number of nitrogens with two attached hydrogens (primary N) is 1. The van der Waals surface area contributed by atoms with Gasteiger partial charge in [-0.1, -0.05) is 19.0 Å². The molecule has 0 saturated carbocycles. The number of hydrogen-bond donors (Lipinski definition) is 1. The van der Waals surface area contributed by atoms with Gasteiger partial charge in [0.05, 0.1) is 12.5 Å². The largest absolute Gasteiger partial charge is 0.367 e. The Balaban J connectivity index is 2.04. The third-order valence-electron chi connectivity index (χ3n) is 3.40.